The zero-order chi connectivity index (χ0) is 12.8. The first-order chi connectivity index (χ1) is 8.04. The lowest BCUT2D eigenvalue weighted by Gasteiger charge is -2.12. The zero-order valence-electron chi connectivity index (χ0n) is 8.76. The van der Waals surface area contributed by atoms with E-state index in [0.29, 0.717) is 5.02 Å². The van der Waals surface area contributed by atoms with E-state index < -0.39 is 17.9 Å². The maximum atomic E-state index is 11.6. The van der Waals surface area contributed by atoms with E-state index in [0.717, 1.165) is 0 Å². The molecule has 1 aromatic heterocycles. The molecule has 17 heavy (non-hydrogen) atoms. The number of nitrogens with zero attached hydrogens (tertiary/aromatic N) is 1. The van der Waals surface area contributed by atoms with E-state index in [1.165, 1.54) is 18.3 Å². The van der Waals surface area contributed by atoms with Gasteiger partial charge in [-0.05, 0) is 12.1 Å². The van der Waals surface area contributed by atoms with Crippen LogP contribution >= 0.6 is 11.6 Å². The van der Waals surface area contributed by atoms with Gasteiger partial charge in [0.15, 0.2) is 0 Å². The Labute approximate surface area is 102 Å². The first-order valence-corrected chi connectivity index (χ1v) is 5.18. The molecule has 0 aromatic carbocycles. The standard InChI is InChI=1S/C10H11ClN2O4/c11-6-1-3-12-8(5-6)9(15)13-7(2-4-14)10(16)17/h1,3,5,7,14H,2,4H2,(H,13,15)(H,16,17). The molecule has 0 saturated heterocycles. The van der Waals surface area contributed by atoms with Crippen LogP contribution in [0.15, 0.2) is 18.3 Å². The van der Waals surface area contributed by atoms with Gasteiger partial charge in [-0.3, -0.25) is 9.78 Å². The zero-order valence-corrected chi connectivity index (χ0v) is 9.52. The van der Waals surface area contributed by atoms with Crippen LogP contribution in [0, 0.1) is 0 Å². The number of aliphatic hydroxyl groups excluding tert-OH is 1. The number of aliphatic carboxylic acids is 1. The molecule has 0 aliphatic carbocycles. The van der Waals surface area contributed by atoms with Gasteiger partial charge in [-0.1, -0.05) is 11.6 Å². The number of nitrogens with one attached hydrogen (secondary N) is 1. The van der Waals surface area contributed by atoms with Crippen LogP contribution in [0.1, 0.15) is 16.9 Å². The second-order valence-electron chi connectivity index (χ2n) is 3.24. The minimum atomic E-state index is -1.21. The first kappa shape index (κ1) is 13.4. The molecule has 0 bridgehead atoms. The average molecular weight is 259 g/mol. The maximum Gasteiger partial charge on any atom is 0.326 e. The van der Waals surface area contributed by atoms with Crippen LogP contribution in [0.3, 0.4) is 0 Å². The molecular weight excluding hydrogens is 248 g/mol. The quantitative estimate of drug-likeness (QED) is 0.705. The highest BCUT2D eigenvalue weighted by atomic mass is 35.5. The van der Waals surface area contributed by atoms with Gasteiger partial charge in [0, 0.05) is 24.2 Å². The van der Waals surface area contributed by atoms with Crippen LogP contribution in [0.4, 0.5) is 0 Å². The van der Waals surface area contributed by atoms with Gasteiger partial charge in [-0.15, -0.1) is 0 Å². The van der Waals surface area contributed by atoms with E-state index in [1.54, 1.807) is 0 Å². The van der Waals surface area contributed by atoms with Gasteiger partial charge >= 0.3 is 5.97 Å². The lowest BCUT2D eigenvalue weighted by molar-refractivity contribution is -0.139. The Kier molecular flexibility index (Phi) is 4.86. The second-order valence-corrected chi connectivity index (χ2v) is 3.67. The number of hydrogen-bond acceptors (Lipinski definition) is 4. The number of aromatic nitrogens is 1. The summed E-state index contributed by atoms with van der Waals surface area (Å²) in [5, 5.41) is 20.0. The molecule has 0 aliphatic heterocycles. The highest BCUT2D eigenvalue weighted by molar-refractivity contribution is 6.30. The summed E-state index contributed by atoms with van der Waals surface area (Å²) in [6.07, 6.45) is 1.28. The summed E-state index contributed by atoms with van der Waals surface area (Å²) < 4.78 is 0. The first-order valence-electron chi connectivity index (χ1n) is 4.80. The molecule has 0 aliphatic rings. The van der Waals surface area contributed by atoms with Crippen molar-refractivity contribution in [1.82, 2.24) is 10.3 Å². The summed E-state index contributed by atoms with van der Waals surface area (Å²) in [5.41, 5.74) is 0.0293. The van der Waals surface area contributed by atoms with Crippen molar-refractivity contribution in [3.8, 4) is 0 Å². The van der Waals surface area contributed by atoms with E-state index in [-0.39, 0.29) is 18.7 Å². The van der Waals surface area contributed by atoms with Crippen LogP contribution < -0.4 is 5.32 Å². The number of rotatable bonds is 5. The van der Waals surface area contributed by atoms with Crippen LogP contribution in [-0.2, 0) is 4.79 Å². The fourth-order valence-electron chi connectivity index (χ4n) is 1.15. The van der Waals surface area contributed by atoms with Crippen molar-refractivity contribution in [2.75, 3.05) is 6.61 Å². The smallest absolute Gasteiger partial charge is 0.326 e. The fraction of sp³-hybridized carbons (Fsp3) is 0.300. The molecule has 1 heterocycles. The van der Waals surface area contributed by atoms with Crippen molar-refractivity contribution < 1.29 is 19.8 Å². The number of carbonyl (C=O) groups is 2. The molecule has 0 radical (unpaired) electrons. The third-order valence-corrected chi connectivity index (χ3v) is 2.21. The molecule has 7 heteroatoms. The van der Waals surface area contributed by atoms with Gasteiger partial charge in [-0.2, -0.15) is 0 Å². The highest BCUT2D eigenvalue weighted by Crippen LogP contribution is 2.08. The molecule has 3 N–H and O–H groups in total. The van der Waals surface area contributed by atoms with E-state index in [1.807, 2.05) is 0 Å². The van der Waals surface area contributed by atoms with Gasteiger partial charge in [0.2, 0.25) is 0 Å². The van der Waals surface area contributed by atoms with Crippen molar-refractivity contribution in [3.63, 3.8) is 0 Å². The number of hydrogen-bond donors (Lipinski definition) is 3. The predicted octanol–water partition coefficient (Wildman–Crippen LogP) is 0.300. The number of carbonyl (C=O) groups excluding carboxylic acids is 1. The summed E-state index contributed by atoms with van der Waals surface area (Å²) in [6.45, 7) is -0.333. The number of aliphatic hydroxyl groups is 1. The molecule has 1 rings (SSSR count). The average Bonchev–Trinajstić information content (AvgIpc) is 2.28. The molecular formula is C10H11ClN2O4. The lowest BCUT2D eigenvalue weighted by Crippen LogP contribution is -2.41. The summed E-state index contributed by atoms with van der Waals surface area (Å²) in [7, 11) is 0. The van der Waals surface area contributed by atoms with Gasteiger partial charge in [0.25, 0.3) is 5.91 Å². The van der Waals surface area contributed by atoms with Gasteiger partial charge in [0.05, 0.1) is 0 Å². The van der Waals surface area contributed by atoms with Crippen molar-refractivity contribution in [2.24, 2.45) is 0 Å². The largest absolute Gasteiger partial charge is 0.480 e. The third-order valence-electron chi connectivity index (χ3n) is 1.98. The fourth-order valence-corrected chi connectivity index (χ4v) is 1.31. The molecule has 92 valence electrons. The van der Waals surface area contributed by atoms with Gasteiger partial charge < -0.3 is 15.5 Å². The molecule has 0 fully saturated rings. The Morgan fingerprint density at radius 2 is 2.24 bits per heavy atom. The minimum absolute atomic E-state index is 0.0293. The van der Waals surface area contributed by atoms with Crippen molar-refractivity contribution in [2.45, 2.75) is 12.5 Å². The van der Waals surface area contributed by atoms with E-state index in [9.17, 15) is 9.59 Å². The van der Waals surface area contributed by atoms with Crippen LogP contribution in [0.2, 0.25) is 5.02 Å². The second kappa shape index (κ2) is 6.17. The number of halogens is 1. The Bertz CT molecular complexity index is 425. The molecule has 0 spiro atoms. The summed E-state index contributed by atoms with van der Waals surface area (Å²) in [6, 6.07) is 1.68. The highest BCUT2D eigenvalue weighted by Gasteiger charge is 2.20. The Morgan fingerprint density at radius 1 is 1.53 bits per heavy atom. The lowest BCUT2D eigenvalue weighted by atomic mass is 10.2. The van der Waals surface area contributed by atoms with Crippen LogP contribution in [-0.4, -0.2) is 39.7 Å². The predicted molar refractivity (Wildman–Crippen MR) is 59.8 cm³/mol. The Morgan fingerprint density at radius 3 is 2.76 bits per heavy atom. The van der Waals surface area contributed by atoms with E-state index >= 15 is 0 Å². The van der Waals surface area contributed by atoms with Gasteiger partial charge in [-0.25, -0.2) is 4.79 Å². The maximum absolute atomic E-state index is 11.6. The Hall–Kier alpha value is -1.66. The molecule has 1 unspecified atom stereocenters. The molecule has 1 aromatic rings. The number of amides is 1. The number of carboxylic acids is 1. The van der Waals surface area contributed by atoms with Crippen molar-refractivity contribution >= 4 is 23.5 Å². The molecule has 0 saturated carbocycles. The minimum Gasteiger partial charge on any atom is -0.480 e. The molecule has 1 amide bonds. The topological polar surface area (TPSA) is 99.5 Å². The van der Waals surface area contributed by atoms with Crippen molar-refractivity contribution in [1.29, 1.82) is 0 Å². The van der Waals surface area contributed by atoms with Crippen LogP contribution in [0.5, 0.6) is 0 Å². The van der Waals surface area contributed by atoms with Gasteiger partial charge in [0.1, 0.15) is 11.7 Å². The van der Waals surface area contributed by atoms with E-state index in [4.69, 9.17) is 21.8 Å². The van der Waals surface area contributed by atoms with Crippen molar-refractivity contribution in [3.05, 3.63) is 29.0 Å². The molecule has 6 nitrogen and oxygen atoms in total. The summed E-state index contributed by atoms with van der Waals surface area (Å²) >= 11 is 5.67. The number of pyridine rings is 1. The summed E-state index contributed by atoms with van der Waals surface area (Å²) in [5.74, 6) is -1.86. The number of carboxylic acid groups (broad SMARTS) is 1. The normalized spacial score (nSPS) is 11.9. The SMILES string of the molecule is O=C(NC(CCO)C(=O)O)c1cc(Cl)ccn1. The third kappa shape index (κ3) is 4.01. The monoisotopic (exact) mass is 258 g/mol. The van der Waals surface area contributed by atoms with Crippen LogP contribution in [0.25, 0.3) is 0 Å². The Balaban J connectivity index is 2.73. The molecule has 1 atom stereocenters. The van der Waals surface area contributed by atoms with E-state index in [2.05, 4.69) is 10.3 Å². The summed E-state index contributed by atoms with van der Waals surface area (Å²) in [4.78, 5) is 26.1.